The van der Waals surface area contributed by atoms with Crippen LogP contribution in [0.15, 0.2) is 29.6 Å². The van der Waals surface area contributed by atoms with Crippen molar-refractivity contribution in [2.45, 2.75) is 13.3 Å². The van der Waals surface area contributed by atoms with Crippen LogP contribution in [0.5, 0.6) is 5.75 Å². The average Bonchev–Trinajstić information content (AvgIpc) is 2.94. The second kappa shape index (κ2) is 7.64. The van der Waals surface area contributed by atoms with Crippen molar-refractivity contribution in [3.05, 3.63) is 40.9 Å². The van der Waals surface area contributed by atoms with E-state index >= 15 is 0 Å². The number of anilines is 1. The minimum Gasteiger partial charge on any atom is -0.484 e. The molecule has 0 atom stereocenters. The summed E-state index contributed by atoms with van der Waals surface area (Å²) in [5.74, 6) is 0.619. The van der Waals surface area contributed by atoms with Gasteiger partial charge in [-0.15, -0.1) is 11.3 Å². The van der Waals surface area contributed by atoms with Gasteiger partial charge in [0.25, 0.3) is 5.91 Å². The van der Waals surface area contributed by atoms with Crippen LogP contribution >= 0.6 is 11.3 Å². The summed E-state index contributed by atoms with van der Waals surface area (Å²) in [5.41, 5.74) is 2.00. The fourth-order valence-corrected chi connectivity index (χ4v) is 2.49. The van der Waals surface area contributed by atoms with Gasteiger partial charge in [-0.3, -0.25) is 4.79 Å². The molecule has 1 aromatic heterocycles. The van der Waals surface area contributed by atoms with Crippen molar-refractivity contribution in [1.29, 1.82) is 0 Å². The van der Waals surface area contributed by atoms with Crippen LogP contribution in [-0.4, -0.2) is 31.1 Å². The van der Waals surface area contributed by atoms with E-state index in [9.17, 15) is 4.79 Å². The van der Waals surface area contributed by atoms with Gasteiger partial charge >= 0.3 is 0 Å². The number of hydrogen-bond acceptors (Lipinski definition) is 5. The molecule has 2 N–H and O–H groups in total. The molecule has 0 aliphatic heterocycles. The number of aryl methyl sites for hydroxylation is 1. The van der Waals surface area contributed by atoms with Gasteiger partial charge in [0.1, 0.15) is 5.75 Å². The SMILES string of the molecule is CNc1nc(CCNC(=O)COc2ccccc2C)cs1. The highest BCUT2D eigenvalue weighted by atomic mass is 32.1. The van der Waals surface area contributed by atoms with Crippen LogP contribution < -0.4 is 15.4 Å². The lowest BCUT2D eigenvalue weighted by atomic mass is 10.2. The largest absolute Gasteiger partial charge is 0.484 e. The number of carbonyl (C=O) groups excluding carboxylic acids is 1. The Bertz CT molecular complexity index is 598. The van der Waals surface area contributed by atoms with Crippen LogP contribution in [0.2, 0.25) is 0 Å². The van der Waals surface area contributed by atoms with Crippen molar-refractivity contribution in [3.63, 3.8) is 0 Å². The fourth-order valence-electron chi connectivity index (χ4n) is 1.78. The van der Waals surface area contributed by atoms with Gasteiger partial charge in [0.15, 0.2) is 11.7 Å². The summed E-state index contributed by atoms with van der Waals surface area (Å²) in [4.78, 5) is 16.1. The molecule has 0 aliphatic carbocycles. The predicted molar refractivity (Wildman–Crippen MR) is 85.0 cm³/mol. The van der Waals surface area contributed by atoms with Gasteiger partial charge in [-0.25, -0.2) is 4.98 Å². The summed E-state index contributed by atoms with van der Waals surface area (Å²) >= 11 is 1.56. The molecule has 112 valence electrons. The lowest BCUT2D eigenvalue weighted by Gasteiger charge is -2.08. The molecule has 6 heteroatoms. The van der Waals surface area contributed by atoms with E-state index in [0.29, 0.717) is 13.0 Å². The van der Waals surface area contributed by atoms with Gasteiger partial charge < -0.3 is 15.4 Å². The summed E-state index contributed by atoms with van der Waals surface area (Å²) in [6.45, 7) is 2.54. The highest BCUT2D eigenvalue weighted by Crippen LogP contribution is 2.16. The number of rotatable bonds is 7. The first-order chi connectivity index (χ1) is 10.2. The number of thiazole rings is 1. The van der Waals surface area contributed by atoms with E-state index in [1.165, 1.54) is 0 Å². The summed E-state index contributed by atoms with van der Waals surface area (Å²) in [7, 11) is 1.84. The van der Waals surface area contributed by atoms with E-state index in [1.54, 1.807) is 11.3 Å². The fraction of sp³-hybridized carbons (Fsp3) is 0.333. The Morgan fingerprint density at radius 2 is 2.19 bits per heavy atom. The molecule has 0 saturated heterocycles. The minimum atomic E-state index is -0.123. The third kappa shape index (κ3) is 4.75. The Kier molecular flexibility index (Phi) is 5.57. The number of benzene rings is 1. The smallest absolute Gasteiger partial charge is 0.257 e. The monoisotopic (exact) mass is 305 g/mol. The number of carbonyl (C=O) groups is 1. The van der Waals surface area contributed by atoms with Gasteiger partial charge in [-0.2, -0.15) is 0 Å². The number of aromatic nitrogens is 1. The summed E-state index contributed by atoms with van der Waals surface area (Å²) in [6.07, 6.45) is 0.717. The lowest BCUT2D eigenvalue weighted by Crippen LogP contribution is -2.30. The Balaban J connectivity index is 1.69. The third-order valence-corrected chi connectivity index (χ3v) is 3.83. The van der Waals surface area contributed by atoms with Crippen molar-refractivity contribution >= 4 is 22.4 Å². The summed E-state index contributed by atoms with van der Waals surface area (Å²) in [6, 6.07) is 7.64. The zero-order valence-electron chi connectivity index (χ0n) is 12.2. The molecule has 0 aliphatic rings. The number of amides is 1. The van der Waals surface area contributed by atoms with Gasteiger partial charge in [0.2, 0.25) is 0 Å². The standard InChI is InChI=1S/C15H19N3O2S/c1-11-5-3-4-6-13(11)20-9-14(19)17-8-7-12-10-21-15(16-2)18-12/h3-6,10H,7-9H2,1-2H3,(H,16,18)(H,17,19). The van der Waals surface area contributed by atoms with E-state index in [4.69, 9.17) is 4.74 Å². The second-order valence-corrected chi connectivity index (χ2v) is 5.41. The van der Waals surface area contributed by atoms with Gasteiger partial charge in [-0.1, -0.05) is 18.2 Å². The first-order valence-corrected chi connectivity index (χ1v) is 7.64. The van der Waals surface area contributed by atoms with Gasteiger partial charge in [0.05, 0.1) is 5.69 Å². The minimum absolute atomic E-state index is 0.0314. The Morgan fingerprint density at radius 1 is 1.38 bits per heavy atom. The van der Waals surface area contributed by atoms with Crippen molar-refractivity contribution in [1.82, 2.24) is 10.3 Å². The van der Waals surface area contributed by atoms with E-state index in [-0.39, 0.29) is 12.5 Å². The maximum Gasteiger partial charge on any atom is 0.257 e. The highest BCUT2D eigenvalue weighted by molar-refractivity contribution is 7.13. The van der Waals surface area contributed by atoms with Crippen molar-refractivity contribution < 1.29 is 9.53 Å². The van der Waals surface area contributed by atoms with E-state index in [1.807, 2.05) is 43.6 Å². The quantitative estimate of drug-likeness (QED) is 0.823. The molecule has 1 aromatic carbocycles. The maximum absolute atomic E-state index is 11.7. The van der Waals surface area contributed by atoms with E-state index in [2.05, 4.69) is 15.6 Å². The topological polar surface area (TPSA) is 63.2 Å². The molecule has 2 aromatic rings. The predicted octanol–water partition coefficient (Wildman–Crippen LogP) is 2.23. The van der Waals surface area contributed by atoms with Crippen LogP contribution in [0.4, 0.5) is 5.13 Å². The second-order valence-electron chi connectivity index (χ2n) is 4.55. The molecule has 0 spiro atoms. The zero-order valence-corrected chi connectivity index (χ0v) is 13.0. The molecule has 0 radical (unpaired) electrons. The molecule has 21 heavy (non-hydrogen) atoms. The van der Waals surface area contributed by atoms with E-state index < -0.39 is 0 Å². The third-order valence-electron chi connectivity index (χ3n) is 2.92. The molecule has 5 nitrogen and oxygen atoms in total. The van der Waals surface area contributed by atoms with Gasteiger partial charge in [-0.05, 0) is 18.6 Å². The summed E-state index contributed by atoms with van der Waals surface area (Å²) in [5, 5.41) is 8.69. The molecule has 1 heterocycles. The van der Waals surface area contributed by atoms with E-state index in [0.717, 1.165) is 22.1 Å². The number of nitrogens with zero attached hydrogens (tertiary/aromatic N) is 1. The van der Waals surface area contributed by atoms with Crippen LogP contribution in [0.3, 0.4) is 0 Å². The Labute approximate surface area is 128 Å². The van der Waals surface area contributed by atoms with Crippen LogP contribution in [0.1, 0.15) is 11.3 Å². The number of ether oxygens (including phenoxy) is 1. The van der Waals surface area contributed by atoms with Gasteiger partial charge in [0, 0.05) is 25.4 Å². The van der Waals surface area contributed by atoms with Crippen molar-refractivity contribution in [3.8, 4) is 5.75 Å². The van der Waals surface area contributed by atoms with Crippen LogP contribution in [0.25, 0.3) is 0 Å². The normalized spacial score (nSPS) is 10.2. The molecular weight excluding hydrogens is 286 g/mol. The molecule has 2 rings (SSSR count). The Hall–Kier alpha value is -2.08. The summed E-state index contributed by atoms with van der Waals surface area (Å²) < 4.78 is 5.49. The highest BCUT2D eigenvalue weighted by Gasteiger charge is 2.05. The first kappa shape index (κ1) is 15.3. The molecular formula is C15H19N3O2S. The number of nitrogens with one attached hydrogen (secondary N) is 2. The molecule has 0 unspecified atom stereocenters. The average molecular weight is 305 g/mol. The molecule has 1 amide bonds. The van der Waals surface area contributed by atoms with Crippen LogP contribution in [0, 0.1) is 6.92 Å². The maximum atomic E-state index is 11.7. The molecule has 0 bridgehead atoms. The molecule has 0 fully saturated rings. The van der Waals surface area contributed by atoms with Crippen molar-refractivity contribution in [2.75, 3.05) is 25.5 Å². The first-order valence-electron chi connectivity index (χ1n) is 6.76. The molecule has 0 saturated carbocycles. The lowest BCUT2D eigenvalue weighted by molar-refractivity contribution is -0.123. The van der Waals surface area contributed by atoms with Crippen LogP contribution in [-0.2, 0) is 11.2 Å². The number of hydrogen-bond donors (Lipinski definition) is 2. The Morgan fingerprint density at radius 3 is 2.90 bits per heavy atom. The zero-order chi connectivity index (χ0) is 15.1. The number of para-hydroxylation sites is 1. The van der Waals surface area contributed by atoms with Crippen molar-refractivity contribution in [2.24, 2.45) is 0 Å².